The van der Waals surface area contributed by atoms with E-state index in [9.17, 15) is 4.79 Å². The molecule has 3 nitrogen and oxygen atoms in total. The molecular weight excluding hydrogens is 178 g/mol. The summed E-state index contributed by atoms with van der Waals surface area (Å²) in [7, 11) is 0. The van der Waals surface area contributed by atoms with Crippen LogP contribution in [0.2, 0.25) is 0 Å². The molecule has 0 aliphatic heterocycles. The van der Waals surface area contributed by atoms with Crippen LogP contribution in [0.5, 0.6) is 0 Å². The number of hydrogen-bond donors (Lipinski definition) is 1. The molecule has 0 aromatic carbocycles. The first-order chi connectivity index (χ1) is 6.55. The zero-order valence-electron chi connectivity index (χ0n) is 9.80. The molecule has 0 aliphatic rings. The van der Waals surface area contributed by atoms with Crippen molar-refractivity contribution in [1.29, 1.82) is 0 Å². The van der Waals surface area contributed by atoms with Crippen LogP contribution in [0.25, 0.3) is 0 Å². The fourth-order valence-electron chi connectivity index (χ4n) is 1.77. The van der Waals surface area contributed by atoms with E-state index in [1.54, 1.807) is 0 Å². The summed E-state index contributed by atoms with van der Waals surface area (Å²) < 4.78 is 5.09. The van der Waals surface area contributed by atoms with Crippen molar-refractivity contribution in [2.24, 2.45) is 17.1 Å². The minimum atomic E-state index is -0.481. The maximum absolute atomic E-state index is 11.8. The first kappa shape index (κ1) is 13.4. The van der Waals surface area contributed by atoms with E-state index >= 15 is 0 Å². The van der Waals surface area contributed by atoms with E-state index in [0.29, 0.717) is 13.2 Å². The molecule has 0 saturated heterocycles. The van der Waals surface area contributed by atoms with Crippen LogP contribution < -0.4 is 5.73 Å². The van der Waals surface area contributed by atoms with Crippen molar-refractivity contribution in [3.8, 4) is 0 Å². The molecule has 2 N–H and O–H groups in total. The Morgan fingerprint density at radius 1 is 1.43 bits per heavy atom. The summed E-state index contributed by atoms with van der Waals surface area (Å²) in [6.07, 6.45) is 1.76. The first-order valence-electron chi connectivity index (χ1n) is 5.42. The number of carbonyl (C=O) groups is 1. The Morgan fingerprint density at radius 3 is 2.29 bits per heavy atom. The van der Waals surface area contributed by atoms with Crippen molar-refractivity contribution in [2.75, 3.05) is 13.2 Å². The van der Waals surface area contributed by atoms with E-state index in [0.717, 1.165) is 12.8 Å². The smallest absolute Gasteiger partial charge is 0.313 e. The third kappa shape index (κ3) is 2.71. The van der Waals surface area contributed by atoms with Gasteiger partial charge < -0.3 is 10.5 Å². The fraction of sp³-hybridized carbons (Fsp3) is 0.909. The van der Waals surface area contributed by atoms with Gasteiger partial charge in [0.1, 0.15) is 0 Å². The second kappa shape index (κ2) is 6.02. The molecule has 0 rings (SSSR count). The van der Waals surface area contributed by atoms with Gasteiger partial charge in [-0.15, -0.1) is 0 Å². The minimum Gasteiger partial charge on any atom is -0.466 e. The van der Waals surface area contributed by atoms with Gasteiger partial charge in [-0.1, -0.05) is 27.2 Å². The van der Waals surface area contributed by atoms with Gasteiger partial charge in [0.25, 0.3) is 0 Å². The second-order valence-electron chi connectivity index (χ2n) is 3.99. The normalized spacial score (nSPS) is 15.3. The summed E-state index contributed by atoms with van der Waals surface area (Å²) in [5.74, 6) is 0.0888. The molecule has 0 aliphatic carbocycles. The van der Waals surface area contributed by atoms with Crippen LogP contribution >= 0.6 is 0 Å². The van der Waals surface area contributed by atoms with Gasteiger partial charge in [-0.25, -0.2) is 0 Å². The van der Waals surface area contributed by atoms with Crippen LogP contribution in [0.15, 0.2) is 0 Å². The molecule has 84 valence electrons. The monoisotopic (exact) mass is 201 g/mol. The zero-order valence-corrected chi connectivity index (χ0v) is 9.80. The molecule has 0 aromatic heterocycles. The highest BCUT2D eigenvalue weighted by molar-refractivity contribution is 5.77. The van der Waals surface area contributed by atoms with Crippen LogP contribution in [-0.2, 0) is 9.53 Å². The molecule has 3 heteroatoms. The van der Waals surface area contributed by atoms with Crippen LogP contribution in [0.4, 0.5) is 0 Å². The van der Waals surface area contributed by atoms with E-state index in [-0.39, 0.29) is 11.9 Å². The van der Waals surface area contributed by atoms with Crippen LogP contribution in [0.1, 0.15) is 40.5 Å². The van der Waals surface area contributed by atoms with Gasteiger partial charge in [-0.05, 0) is 19.3 Å². The maximum Gasteiger partial charge on any atom is 0.313 e. The van der Waals surface area contributed by atoms with Gasteiger partial charge in [0.2, 0.25) is 0 Å². The molecule has 0 heterocycles. The zero-order chi connectivity index (χ0) is 11.2. The van der Waals surface area contributed by atoms with E-state index in [1.807, 2.05) is 20.8 Å². The van der Waals surface area contributed by atoms with Crippen LogP contribution in [0, 0.1) is 11.3 Å². The highest BCUT2D eigenvalue weighted by Gasteiger charge is 2.40. The van der Waals surface area contributed by atoms with Gasteiger partial charge in [0.15, 0.2) is 0 Å². The lowest BCUT2D eigenvalue weighted by Crippen LogP contribution is -2.44. The summed E-state index contributed by atoms with van der Waals surface area (Å²) in [5, 5.41) is 0. The highest BCUT2D eigenvalue weighted by Crippen LogP contribution is 2.33. The molecule has 0 aromatic rings. The topological polar surface area (TPSA) is 52.3 Å². The third-order valence-electron chi connectivity index (χ3n) is 2.85. The lowest BCUT2D eigenvalue weighted by Gasteiger charge is -2.33. The Labute approximate surface area is 87.0 Å². The van der Waals surface area contributed by atoms with Gasteiger partial charge in [-0.3, -0.25) is 4.79 Å². The first-order valence-corrected chi connectivity index (χ1v) is 5.42. The summed E-state index contributed by atoms with van der Waals surface area (Å²) in [6.45, 7) is 8.74. The Hall–Kier alpha value is -0.570. The van der Waals surface area contributed by atoms with Crippen molar-refractivity contribution >= 4 is 5.97 Å². The molecular formula is C11H23NO2. The lowest BCUT2D eigenvalue weighted by molar-refractivity contribution is -0.158. The largest absolute Gasteiger partial charge is 0.466 e. The number of rotatable bonds is 6. The Morgan fingerprint density at radius 2 is 2.00 bits per heavy atom. The molecule has 0 radical (unpaired) electrons. The van der Waals surface area contributed by atoms with Gasteiger partial charge in [0, 0.05) is 6.54 Å². The number of hydrogen-bond acceptors (Lipinski definition) is 3. The molecule has 0 amide bonds. The fourth-order valence-corrected chi connectivity index (χ4v) is 1.77. The molecule has 0 bridgehead atoms. The lowest BCUT2D eigenvalue weighted by atomic mass is 9.74. The standard InChI is InChI=1S/C11H23NO2/c1-5-7-11(8-12,9(3)4)10(13)14-6-2/h9H,5-8,12H2,1-4H3. The van der Waals surface area contributed by atoms with E-state index in [1.165, 1.54) is 0 Å². The van der Waals surface area contributed by atoms with E-state index in [2.05, 4.69) is 6.92 Å². The highest BCUT2D eigenvalue weighted by atomic mass is 16.5. The number of nitrogens with two attached hydrogens (primary N) is 1. The number of carbonyl (C=O) groups excluding carboxylic acids is 1. The Balaban J connectivity index is 4.73. The SMILES string of the molecule is CCCC(CN)(C(=O)OCC)C(C)C. The minimum absolute atomic E-state index is 0.139. The second-order valence-corrected chi connectivity index (χ2v) is 3.99. The van der Waals surface area contributed by atoms with E-state index < -0.39 is 5.41 Å². The average molecular weight is 201 g/mol. The molecule has 0 fully saturated rings. The Kier molecular flexibility index (Phi) is 5.77. The predicted molar refractivity (Wildman–Crippen MR) is 57.9 cm³/mol. The quantitative estimate of drug-likeness (QED) is 0.668. The number of ether oxygens (including phenoxy) is 1. The average Bonchev–Trinajstić information content (AvgIpc) is 2.14. The van der Waals surface area contributed by atoms with Crippen molar-refractivity contribution in [2.45, 2.75) is 40.5 Å². The van der Waals surface area contributed by atoms with Gasteiger partial charge >= 0.3 is 5.97 Å². The summed E-state index contributed by atoms with van der Waals surface area (Å²) in [4.78, 5) is 11.8. The van der Waals surface area contributed by atoms with Crippen LogP contribution in [0.3, 0.4) is 0 Å². The summed E-state index contributed by atoms with van der Waals surface area (Å²) >= 11 is 0. The molecule has 0 saturated carbocycles. The van der Waals surface area contributed by atoms with Gasteiger partial charge in [-0.2, -0.15) is 0 Å². The van der Waals surface area contributed by atoms with Crippen molar-refractivity contribution in [3.05, 3.63) is 0 Å². The third-order valence-corrected chi connectivity index (χ3v) is 2.85. The molecule has 1 unspecified atom stereocenters. The maximum atomic E-state index is 11.8. The van der Waals surface area contributed by atoms with E-state index in [4.69, 9.17) is 10.5 Å². The summed E-state index contributed by atoms with van der Waals surface area (Å²) in [6, 6.07) is 0. The van der Waals surface area contributed by atoms with Gasteiger partial charge in [0.05, 0.1) is 12.0 Å². The molecule has 14 heavy (non-hydrogen) atoms. The number of esters is 1. The summed E-state index contributed by atoms with van der Waals surface area (Å²) in [5.41, 5.74) is 5.24. The van der Waals surface area contributed by atoms with Crippen molar-refractivity contribution in [3.63, 3.8) is 0 Å². The molecule has 0 spiro atoms. The van der Waals surface area contributed by atoms with Crippen molar-refractivity contribution in [1.82, 2.24) is 0 Å². The Bertz CT molecular complexity index is 180. The van der Waals surface area contributed by atoms with Crippen LogP contribution in [-0.4, -0.2) is 19.1 Å². The predicted octanol–water partition coefficient (Wildman–Crippen LogP) is 1.95. The molecule has 1 atom stereocenters. The van der Waals surface area contributed by atoms with Crippen molar-refractivity contribution < 1.29 is 9.53 Å².